The van der Waals surface area contributed by atoms with Gasteiger partial charge in [-0.1, -0.05) is 35.5 Å². The summed E-state index contributed by atoms with van der Waals surface area (Å²) in [6.45, 7) is 3.23. The van der Waals surface area contributed by atoms with Gasteiger partial charge in [-0.2, -0.15) is 17.0 Å². The quantitative estimate of drug-likeness (QED) is 0.779. The molecule has 1 fully saturated rings. The molecule has 0 amide bonds. The van der Waals surface area contributed by atoms with Gasteiger partial charge in [-0.3, -0.25) is 4.90 Å². The standard InChI is InChI=1S/C16H24N4O3S/c1-18(2)24(21,22)20-10-8-19(9-11-20)13-15-12-16(17-23-15)14-6-4-3-5-7-14/h3-7,15H,8-13H2,1-2H3/t15-/m0/s1. The Hall–Kier alpha value is -1.48. The minimum absolute atomic E-state index is 0.0391. The maximum atomic E-state index is 12.1. The number of hydrogen-bond acceptors (Lipinski definition) is 5. The molecule has 0 aromatic heterocycles. The molecule has 132 valence electrons. The molecule has 0 saturated carbocycles. The van der Waals surface area contributed by atoms with Crippen molar-refractivity contribution in [2.75, 3.05) is 46.8 Å². The van der Waals surface area contributed by atoms with E-state index in [9.17, 15) is 8.42 Å². The van der Waals surface area contributed by atoms with E-state index < -0.39 is 10.2 Å². The first-order valence-electron chi connectivity index (χ1n) is 8.15. The molecule has 2 aliphatic rings. The van der Waals surface area contributed by atoms with Crippen LogP contribution in [0.1, 0.15) is 12.0 Å². The number of piperazine rings is 1. The maximum Gasteiger partial charge on any atom is 0.281 e. The summed E-state index contributed by atoms with van der Waals surface area (Å²) in [4.78, 5) is 7.81. The summed E-state index contributed by atoms with van der Waals surface area (Å²) in [5, 5.41) is 4.21. The normalized spacial score (nSPS) is 23.3. The zero-order chi connectivity index (χ0) is 17.2. The van der Waals surface area contributed by atoms with Gasteiger partial charge in [0.05, 0.1) is 5.71 Å². The molecule has 1 atom stereocenters. The monoisotopic (exact) mass is 352 g/mol. The van der Waals surface area contributed by atoms with E-state index in [0.29, 0.717) is 26.2 Å². The Bertz CT molecular complexity index is 683. The molecule has 3 rings (SSSR count). The van der Waals surface area contributed by atoms with E-state index in [4.69, 9.17) is 4.84 Å². The molecular weight excluding hydrogens is 328 g/mol. The van der Waals surface area contributed by atoms with E-state index in [1.165, 1.54) is 8.61 Å². The first-order chi connectivity index (χ1) is 11.5. The fourth-order valence-corrected chi connectivity index (χ4v) is 4.08. The summed E-state index contributed by atoms with van der Waals surface area (Å²) in [7, 11) is -0.177. The Labute approximate surface area is 143 Å². The molecule has 7 nitrogen and oxygen atoms in total. The van der Waals surface area contributed by atoms with Crippen LogP contribution in [0, 0.1) is 0 Å². The zero-order valence-corrected chi connectivity index (χ0v) is 14.9. The second kappa shape index (κ2) is 7.18. The van der Waals surface area contributed by atoms with Crippen LogP contribution in [0.4, 0.5) is 0 Å². The Balaban J connectivity index is 1.48. The van der Waals surface area contributed by atoms with Crippen molar-refractivity contribution in [2.24, 2.45) is 5.16 Å². The van der Waals surface area contributed by atoms with Crippen molar-refractivity contribution >= 4 is 15.9 Å². The SMILES string of the molecule is CN(C)S(=O)(=O)N1CCN(C[C@@H]2CC(c3ccccc3)=NO2)CC1. The predicted molar refractivity (Wildman–Crippen MR) is 93.1 cm³/mol. The summed E-state index contributed by atoms with van der Waals surface area (Å²) < 4.78 is 27.1. The number of oxime groups is 1. The lowest BCUT2D eigenvalue weighted by Gasteiger charge is -2.35. The van der Waals surface area contributed by atoms with Crippen LogP contribution in [0.25, 0.3) is 0 Å². The lowest BCUT2D eigenvalue weighted by Crippen LogP contribution is -2.52. The minimum Gasteiger partial charge on any atom is -0.390 e. The van der Waals surface area contributed by atoms with Gasteiger partial charge in [0, 0.05) is 53.2 Å². The van der Waals surface area contributed by atoms with Crippen LogP contribution in [0.3, 0.4) is 0 Å². The lowest BCUT2D eigenvalue weighted by molar-refractivity contribution is 0.0431. The van der Waals surface area contributed by atoms with E-state index in [0.717, 1.165) is 24.2 Å². The van der Waals surface area contributed by atoms with E-state index in [1.807, 2.05) is 30.3 Å². The average Bonchev–Trinajstić information content (AvgIpc) is 3.04. The van der Waals surface area contributed by atoms with Crippen LogP contribution < -0.4 is 0 Å². The Morgan fingerprint density at radius 2 is 1.83 bits per heavy atom. The molecule has 0 unspecified atom stereocenters. The third kappa shape index (κ3) is 3.77. The summed E-state index contributed by atoms with van der Waals surface area (Å²) in [5.41, 5.74) is 2.08. The molecule has 1 saturated heterocycles. The zero-order valence-electron chi connectivity index (χ0n) is 14.1. The molecular formula is C16H24N4O3S. The highest BCUT2D eigenvalue weighted by Gasteiger charge is 2.31. The topological polar surface area (TPSA) is 65.5 Å². The minimum atomic E-state index is -3.31. The predicted octanol–water partition coefficient (Wildman–Crippen LogP) is 0.604. The summed E-state index contributed by atoms with van der Waals surface area (Å²) in [6, 6.07) is 10.1. The Morgan fingerprint density at radius 1 is 1.17 bits per heavy atom. The fourth-order valence-electron chi connectivity index (χ4n) is 2.99. The summed E-state index contributed by atoms with van der Waals surface area (Å²) in [6.07, 6.45) is 0.831. The molecule has 0 aliphatic carbocycles. The van der Waals surface area contributed by atoms with Gasteiger partial charge in [0.15, 0.2) is 0 Å². The van der Waals surface area contributed by atoms with Gasteiger partial charge in [0.25, 0.3) is 10.2 Å². The lowest BCUT2D eigenvalue weighted by atomic mass is 10.0. The van der Waals surface area contributed by atoms with Crippen LogP contribution in [0.5, 0.6) is 0 Å². The van der Waals surface area contributed by atoms with Crippen molar-refractivity contribution in [2.45, 2.75) is 12.5 Å². The number of nitrogens with zero attached hydrogens (tertiary/aromatic N) is 4. The summed E-state index contributed by atoms with van der Waals surface area (Å²) in [5.74, 6) is 0. The van der Waals surface area contributed by atoms with Crippen molar-refractivity contribution in [3.8, 4) is 0 Å². The maximum absolute atomic E-state index is 12.1. The van der Waals surface area contributed by atoms with E-state index in [2.05, 4.69) is 10.1 Å². The van der Waals surface area contributed by atoms with E-state index in [1.54, 1.807) is 14.1 Å². The number of rotatable bonds is 5. The van der Waals surface area contributed by atoms with Crippen LogP contribution in [-0.2, 0) is 15.0 Å². The van der Waals surface area contributed by atoms with Gasteiger partial charge in [0.2, 0.25) is 0 Å². The van der Waals surface area contributed by atoms with Crippen LogP contribution in [-0.4, -0.2) is 80.6 Å². The number of benzene rings is 1. The highest BCUT2D eigenvalue weighted by Crippen LogP contribution is 2.18. The van der Waals surface area contributed by atoms with Crippen molar-refractivity contribution in [3.05, 3.63) is 35.9 Å². The molecule has 2 aliphatic heterocycles. The fraction of sp³-hybridized carbons (Fsp3) is 0.562. The molecule has 24 heavy (non-hydrogen) atoms. The average molecular weight is 352 g/mol. The molecule has 1 aromatic carbocycles. The van der Waals surface area contributed by atoms with Gasteiger partial charge in [0.1, 0.15) is 6.10 Å². The summed E-state index contributed by atoms with van der Waals surface area (Å²) >= 11 is 0. The Morgan fingerprint density at radius 3 is 2.46 bits per heavy atom. The third-order valence-electron chi connectivity index (χ3n) is 4.42. The van der Waals surface area contributed by atoms with E-state index in [-0.39, 0.29) is 6.10 Å². The van der Waals surface area contributed by atoms with Crippen molar-refractivity contribution < 1.29 is 13.3 Å². The van der Waals surface area contributed by atoms with Gasteiger partial charge >= 0.3 is 0 Å². The first kappa shape index (κ1) is 17.3. The largest absolute Gasteiger partial charge is 0.390 e. The second-order valence-corrected chi connectivity index (χ2v) is 8.47. The van der Waals surface area contributed by atoms with Crippen LogP contribution in [0.15, 0.2) is 35.5 Å². The van der Waals surface area contributed by atoms with Crippen molar-refractivity contribution in [1.29, 1.82) is 0 Å². The highest BCUT2D eigenvalue weighted by atomic mass is 32.2. The van der Waals surface area contributed by atoms with Gasteiger partial charge < -0.3 is 4.84 Å². The third-order valence-corrected chi connectivity index (χ3v) is 6.36. The van der Waals surface area contributed by atoms with Crippen molar-refractivity contribution in [1.82, 2.24) is 13.5 Å². The van der Waals surface area contributed by atoms with Gasteiger partial charge in [-0.25, -0.2) is 0 Å². The van der Waals surface area contributed by atoms with E-state index >= 15 is 0 Å². The molecule has 1 aromatic rings. The molecule has 0 radical (unpaired) electrons. The second-order valence-electron chi connectivity index (χ2n) is 6.33. The molecule has 2 heterocycles. The van der Waals surface area contributed by atoms with Gasteiger partial charge in [-0.05, 0) is 5.56 Å². The van der Waals surface area contributed by atoms with Crippen LogP contribution >= 0.6 is 0 Å². The number of hydrogen-bond donors (Lipinski definition) is 0. The van der Waals surface area contributed by atoms with Crippen molar-refractivity contribution in [3.63, 3.8) is 0 Å². The first-order valence-corrected chi connectivity index (χ1v) is 9.54. The van der Waals surface area contributed by atoms with Gasteiger partial charge in [-0.15, -0.1) is 0 Å². The molecule has 0 bridgehead atoms. The molecule has 0 N–H and O–H groups in total. The smallest absolute Gasteiger partial charge is 0.281 e. The highest BCUT2D eigenvalue weighted by molar-refractivity contribution is 7.86. The van der Waals surface area contributed by atoms with Crippen LogP contribution in [0.2, 0.25) is 0 Å². The Kier molecular flexibility index (Phi) is 5.19. The molecule has 0 spiro atoms. The molecule has 8 heteroatoms.